The van der Waals surface area contributed by atoms with Crippen LogP contribution in [0.2, 0.25) is 0 Å². The Balaban J connectivity index is 1.94. The monoisotopic (exact) mass is 558 g/mol. The van der Waals surface area contributed by atoms with Gasteiger partial charge in [0.1, 0.15) is 17.4 Å². The lowest BCUT2D eigenvalue weighted by atomic mass is 9.78. The molecule has 2 aromatic rings. The third-order valence-electron chi connectivity index (χ3n) is 7.21. The number of likely N-dealkylation sites (tertiary alicyclic amines) is 1. The first kappa shape index (κ1) is 28.4. The number of phenolic OH excluding ortho intramolecular Hbond substituents is 1. The van der Waals surface area contributed by atoms with Crippen molar-refractivity contribution in [3.63, 3.8) is 0 Å². The van der Waals surface area contributed by atoms with Gasteiger partial charge in [0.15, 0.2) is 5.78 Å². The van der Waals surface area contributed by atoms with E-state index in [-0.39, 0.29) is 46.6 Å². The van der Waals surface area contributed by atoms with Gasteiger partial charge in [0.25, 0.3) is 0 Å². The molecule has 1 saturated heterocycles. The zero-order valence-corrected chi connectivity index (χ0v) is 24.2. The van der Waals surface area contributed by atoms with E-state index in [0.29, 0.717) is 24.1 Å². The summed E-state index contributed by atoms with van der Waals surface area (Å²) in [6.45, 7) is 15.3. The van der Waals surface area contributed by atoms with Gasteiger partial charge in [0.2, 0.25) is 0 Å². The fourth-order valence-corrected chi connectivity index (χ4v) is 5.72. The number of nitrogens with zero attached hydrogens (tertiary/aromatic N) is 2. The third-order valence-corrected chi connectivity index (χ3v) is 7.57. The van der Waals surface area contributed by atoms with Gasteiger partial charge in [-0.1, -0.05) is 73.1 Å². The van der Waals surface area contributed by atoms with Crippen LogP contribution in [-0.4, -0.2) is 34.7 Å². The van der Waals surface area contributed by atoms with Gasteiger partial charge < -0.3 is 10.0 Å². The Morgan fingerprint density at radius 3 is 2.19 bits per heavy atom. The van der Waals surface area contributed by atoms with Gasteiger partial charge in [-0.3, -0.25) is 4.79 Å². The van der Waals surface area contributed by atoms with E-state index in [1.165, 1.54) is 6.07 Å². The second-order valence-corrected chi connectivity index (χ2v) is 12.5. The van der Waals surface area contributed by atoms with Crippen LogP contribution < -0.4 is 0 Å². The van der Waals surface area contributed by atoms with Crippen molar-refractivity contribution >= 4 is 27.8 Å². The van der Waals surface area contributed by atoms with E-state index >= 15 is 0 Å². The fraction of sp³-hybridized carbons (Fsp3) is 0.533. The third kappa shape index (κ3) is 6.19. The molecule has 4 nitrogen and oxygen atoms in total. The zero-order chi connectivity index (χ0) is 26.8. The Morgan fingerprint density at radius 1 is 1.11 bits per heavy atom. The molecule has 1 aliphatic rings. The maximum Gasteiger partial charge on any atom is 0.182 e. The lowest BCUT2D eigenvalue weighted by Gasteiger charge is -2.28. The number of carbonyl (C=O) groups excluding carboxylic acids is 1. The Labute approximate surface area is 224 Å². The minimum atomic E-state index is -0.312. The molecular formula is C30H40BrFN2O2. The van der Waals surface area contributed by atoms with Crippen molar-refractivity contribution in [1.29, 1.82) is 0 Å². The number of amidine groups is 1. The van der Waals surface area contributed by atoms with E-state index in [1.807, 2.05) is 70.7 Å². The van der Waals surface area contributed by atoms with Crippen molar-refractivity contribution in [3.8, 4) is 5.75 Å². The lowest BCUT2D eigenvalue weighted by Crippen LogP contribution is -2.33. The number of phenols is 1. The highest BCUT2D eigenvalue weighted by atomic mass is 79.9. The highest BCUT2D eigenvalue weighted by Crippen LogP contribution is 2.40. The summed E-state index contributed by atoms with van der Waals surface area (Å²) >= 11 is 3.31. The maximum atomic E-state index is 14.5. The first-order valence-electron chi connectivity index (χ1n) is 12.9. The average molecular weight is 560 g/mol. The average Bonchev–Trinajstić information content (AvgIpc) is 3.09. The highest BCUT2D eigenvalue weighted by Gasteiger charge is 2.39. The summed E-state index contributed by atoms with van der Waals surface area (Å²) in [6, 6.07) is 10.6. The lowest BCUT2D eigenvalue weighted by molar-refractivity contribution is 0.0963. The minimum absolute atomic E-state index is 0.0126. The van der Waals surface area contributed by atoms with Crippen LogP contribution in [0.15, 0.2) is 40.4 Å². The van der Waals surface area contributed by atoms with E-state index in [0.717, 1.165) is 29.8 Å². The molecule has 0 amide bonds. The fourth-order valence-electron chi connectivity index (χ4n) is 5.24. The summed E-state index contributed by atoms with van der Waals surface area (Å²) in [5.41, 5.74) is 2.20. The van der Waals surface area contributed by atoms with Gasteiger partial charge in [-0.05, 0) is 53.4 Å². The van der Waals surface area contributed by atoms with Crippen molar-refractivity contribution in [2.75, 3.05) is 13.1 Å². The number of rotatable bonds is 7. The number of ketones is 1. The van der Waals surface area contributed by atoms with Crippen LogP contribution in [0.3, 0.4) is 0 Å². The summed E-state index contributed by atoms with van der Waals surface area (Å²) in [6.07, 6.45) is 2.54. The predicted molar refractivity (Wildman–Crippen MR) is 150 cm³/mol. The van der Waals surface area contributed by atoms with Gasteiger partial charge >= 0.3 is 0 Å². The maximum absolute atomic E-state index is 14.5. The van der Waals surface area contributed by atoms with Crippen LogP contribution in [0.5, 0.6) is 5.75 Å². The van der Waals surface area contributed by atoms with Crippen molar-refractivity contribution in [1.82, 2.24) is 4.90 Å². The first-order chi connectivity index (χ1) is 16.8. The molecule has 1 aliphatic heterocycles. The van der Waals surface area contributed by atoms with Crippen molar-refractivity contribution in [3.05, 3.63) is 64.5 Å². The van der Waals surface area contributed by atoms with Crippen molar-refractivity contribution in [2.24, 2.45) is 15.9 Å². The molecule has 6 heteroatoms. The molecule has 196 valence electrons. The van der Waals surface area contributed by atoms with Crippen LogP contribution >= 0.6 is 16.1 Å². The van der Waals surface area contributed by atoms with Gasteiger partial charge in [-0.15, -0.1) is 0 Å². The molecule has 1 N–H and O–H groups in total. The molecule has 0 unspecified atom stereocenters. The topological polar surface area (TPSA) is 52.9 Å². The SMILES string of the molecule is CCC[C@H]1CN(CC(=O)c2cc(C(C)(C)C)c(O)c(C(C)(C)C)c2)/C(=N\Br)[C@@H]1Cc1ccccc1F. The Morgan fingerprint density at radius 2 is 1.69 bits per heavy atom. The van der Waals surface area contributed by atoms with E-state index in [9.17, 15) is 14.3 Å². The number of aromatic hydroxyl groups is 1. The van der Waals surface area contributed by atoms with Gasteiger partial charge in [0.05, 0.1) is 22.7 Å². The Hall–Kier alpha value is -2.21. The van der Waals surface area contributed by atoms with Crippen LogP contribution in [0.25, 0.3) is 0 Å². The minimum Gasteiger partial charge on any atom is -0.507 e. The molecule has 2 aromatic carbocycles. The number of benzene rings is 2. The molecule has 0 aromatic heterocycles. The number of hydrogen-bond donors (Lipinski definition) is 1. The van der Waals surface area contributed by atoms with Crippen LogP contribution in [0, 0.1) is 17.7 Å². The predicted octanol–water partition coefficient (Wildman–Crippen LogP) is 7.61. The number of halogens is 2. The molecule has 0 aliphatic carbocycles. The Kier molecular flexibility index (Phi) is 8.70. The standard InChI is InChI=1S/C30H40BrFN2O2/c1-8-11-20-17-34(28(33-31)22(20)14-19-12-9-10-13-25(19)32)18-26(35)21-15-23(29(2,3)4)27(36)24(16-21)30(5,6)7/h9-10,12-13,15-16,20,22,36H,8,11,14,17-18H2,1-7H3/b33-28-/t20-,22+/m0/s1. The van der Waals surface area contributed by atoms with Crippen LogP contribution in [-0.2, 0) is 17.3 Å². The van der Waals surface area contributed by atoms with Gasteiger partial charge in [0, 0.05) is 29.2 Å². The van der Waals surface area contributed by atoms with Crippen molar-refractivity contribution < 1.29 is 14.3 Å². The number of Topliss-reactive ketones (excluding diaryl/α,β-unsaturated/α-hetero) is 1. The summed E-state index contributed by atoms with van der Waals surface area (Å²) in [5.74, 6) is 1.17. The molecule has 36 heavy (non-hydrogen) atoms. The second-order valence-electron chi connectivity index (χ2n) is 12.1. The van der Waals surface area contributed by atoms with E-state index in [1.54, 1.807) is 6.07 Å². The van der Waals surface area contributed by atoms with E-state index in [4.69, 9.17) is 0 Å². The summed E-state index contributed by atoms with van der Waals surface area (Å²) < 4.78 is 18.9. The summed E-state index contributed by atoms with van der Waals surface area (Å²) in [4.78, 5) is 15.7. The molecule has 0 saturated carbocycles. The Bertz CT molecular complexity index is 1100. The smallest absolute Gasteiger partial charge is 0.182 e. The molecule has 1 heterocycles. The largest absolute Gasteiger partial charge is 0.507 e. The molecule has 3 rings (SSSR count). The molecular weight excluding hydrogens is 519 g/mol. The molecule has 0 bridgehead atoms. The molecule has 0 spiro atoms. The van der Waals surface area contributed by atoms with Crippen LogP contribution in [0.4, 0.5) is 4.39 Å². The normalized spacial score (nSPS) is 19.8. The highest BCUT2D eigenvalue weighted by molar-refractivity contribution is 9.08. The zero-order valence-electron chi connectivity index (χ0n) is 22.7. The van der Waals surface area contributed by atoms with Crippen LogP contribution in [0.1, 0.15) is 88.4 Å². The van der Waals surface area contributed by atoms with Gasteiger partial charge in [-0.25, -0.2) is 4.39 Å². The molecule has 1 fully saturated rings. The number of hydrogen-bond acceptors (Lipinski definition) is 3. The summed E-state index contributed by atoms with van der Waals surface area (Å²) in [5, 5.41) is 11.0. The van der Waals surface area contributed by atoms with Crippen molar-refractivity contribution in [2.45, 2.75) is 78.6 Å². The molecule has 2 atom stereocenters. The number of carbonyl (C=O) groups is 1. The van der Waals surface area contributed by atoms with E-state index < -0.39 is 0 Å². The quantitative estimate of drug-likeness (QED) is 0.356. The van der Waals surface area contributed by atoms with E-state index in [2.05, 4.69) is 27.1 Å². The summed E-state index contributed by atoms with van der Waals surface area (Å²) in [7, 11) is 0. The molecule has 0 radical (unpaired) electrons. The van der Waals surface area contributed by atoms with Gasteiger partial charge in [-0.2, -0.15) is 4.02 Å². The second kappa shape index (κ2) is 11.0. The first-order valence-corrected chi connectivity index (χ1v) is 13.6.